The fraction of sp³-hybridized carbons (Fsp3) is 0.500. The molecular formula is C26H33NO5. The van der Waals surface area contributed by atoms with Crippen LogP contribution in [0.1, 0.15) is 36.8 Å². The first kappa shape index (κ1) is 22.6. The Morgan fingerprint density at radius 3 is 2.12 bits per heavy atom. The van der Waals surface area contributed by atoms with E-state index in [-0.39, 0.29) is 11.3 Å². The molecule has 2 fully saturated rings. The molecule has 1 amide bonds. The number of carbonyl (C=O) groups is 1. The summed E-state index contributed by atoms with van der Waals surface area (Å²) >= 11 is 0. The molecule has 2 saturated heterocycles. The van der Waals surface area contributed by atoms with Gasteiger partial charge in [0.2, 0.25) is 5.91 Å². The standard InChI is InChI=1S/C26H33NO5/c1-29-21-9-7-20(8-10-21)26(13-17-32-18-14-26)24(28)27-19-25(11-15-31-16-12-25)22-5-3-4-6-23(22)30-2/h3-10H,11-19H2,1-2H3,(H,27,28). The molecule has 2 aliphatic heterocycles. The summed E-state index contributed by atoms with van der Waals surface area (Å²) in [5, 5.41) is 3.34. The van der Waals surface area contributed by atoms with Crippen molar-refractivity contribution < 1.29 is 23.7 Å². The second kappa shape index (κ2) is 9.92. The van der Waals surface area contributed by atoms with Gasteiger partial charge in [-0.05, 0) is 49.4 Å². The fourth-order valence-corrected chi connectivity index (χ4v) is 5.08. The maximum atomic E-state index is 13.8. The topological polar surface area (TPSA) is 66.0 Å². The Morgan fingerprint density at radius 1 is 0.875 bits per heavy atom. The van der Waals surface area contributed by atoms with Crippen molar-refractivity contribution in [1.82, 2.24) is 5.32 Å². The van der Waals surface area contributed by atoms with E-state index in [1.54, 1.807) is 14.2 Å². The van der Waals surface area contributed by atoms with Crippen molar-refractivity contribution in [3.05, 3.63) is 59.7 Å². The first-order chi connectivity index (χ1) is 15.6. The van der Waals surface area contributed by atoms with Crippen LogP contribution in [-0.2, 0) is 25.1 Å². The minimum Gasteiger partial charge on any atom is -0.497 e. The van der Waals surface area contributed by atoms with Gasteiger partial charge in [0, 0.05) is 44.0 Å². The van der Waals surface area contributed by atoms with Gasteiger partial charge in [-0.2, -0.15) is 0 Å². The highest BCUT2D eigenvalue weighted by molar-refractivity contribution is 5.88. The highest BCUT2D eigenvalue weighted by atomic mass is 16.5. The van der Waals surface area contributed by atoms with E-state index in [0.29, 0.717) is 45.8 Å². The second-order valence-electron chi connectivity index (χ2n) is 8.70. The van der Waals surface area contributed by atoms with Gasteiger partial charge in [0.15, 0.2) is 0 Å². The van der Waals surface area contributed by atoms with Crippen LogP contribution in [-0.4, -0.2) is 53.1 Å². The summed E-state index contributed by atoms with van der Waals surface area (Å²) in [7, 11) is 3.35. The van der Waals surface area contributed by atoms with Gasteiger partial charge in [0.1, 0.15) is 11.5 Å². The highest BCUT2D eigenvalue weighted by Crippen LogP contribution is 2.41. The zero-order valence-corrected chi connectivity index (χ0v) is 19.0. The SMILES string of the molecule is COc1ccc(C2(C(=O)NCC3(c4ccccc4OC)CCOCC3)CCOCC2)cc1. The lowest BCUT2D eigenvalue weighted by Crippen LogP contribution is -2.52. The van der Waals surface area contributed by atoms with Crippen molar-refractivity contribution >= 4 is 5.91 Å². The van der Waals surface area contributed by atoms with E-state index in [1.807, 2.05) is 42.5 Å². The van der Waals surface area contributed by atoms with Crippen LogP contribution in [0.15, 0.2) is 48.5 Å². The Morgan fingerprint density at radius 2 is 1.50 bits per heavy atom. The third kappa shape index (κ3) is 4.34. The number of para-hydroxylation sites is 1. The van der Waals surface area contributed by atoms with Crippen molar-refractivity contribution in [3.8, 4) is 11.5 Å². The van der Waals surface area contributed by atoms with Crippen LogP contribution >= 0.6 is 0 Å². The van der Waals surface area contributed by atoms with Crippen LogP contribution < -0.4 is 14.8 Å². The number of hydrogen-bond acceptors (Lipinski definition) is 5. The van der Waals surface area contributed by atoms with Gasteiger partial charge in [0.05, 0.1) is 19.6 Å². The predicted octanol–water partition coefficient (Wildman–Crippen LogP) is 3.62. The van der Waals surface area contributed by atoms with Gasteiger partial charge in [0.25, 0.3) is 0 Å². The molecule has 0 aromatic heterocycles. The molecule has 2 aromatic rings. The number of hydrogen-bond donors (Lipinski definition) is 1. The van der Waals surface area contributed by atoms with E-state index in [1.165, 1.54) is 0 Å². The summed E-state index contributed by atoms with van der Waals surface area (Å²) in [6.07, 6.45) is 3.00. The second-order valence-corrected chi connectivity index (χ2v) is 8.70. The summed E-state index contributed by atoms with van der Waals surface area (Å²) in [5.74, 6) is 1.71. The van der Waals surface area contributed by atoms with Crippen LogP contribution in [0.5, 0.6) is 11.5 Å². The molecule has 6 heteroatoms. The predicted molar refractivity (Wildman–Crippen MR) is 122 cm³/mol. The number of benzene rings is 2. The highest BCUT2D eigenvalue weighted by Gasteiger charge is 2.44. The summed E-state index contributed by atoms with van der Waals surface area (Å²) in [6.45, 7) is 3.04. The Labute approximate surface area is 190 Å². The average molecular weight is 440 g/mol. The van der Waals surface area contributed by atoms with Crippen molar-refractivity contribution in [3.63, 3.8) is 0 Å². The fourth-order valence-electron chi connectivity index (χ4n) is 5.08. The molecule has 2 heterocycles. The molecule has 0 saturated carbocycles. The number of ether oxygens (including phenoxy) is 4. The molecule has 1 N–H and O–H groups in total. The Kier molecular flexibility index (Phi) is 7.01. The first-order valence-electron chi connectivity index (χ1n) is 11.4. The summed E-state index contributed by atoms with van der Waals surface area (Å²) in [6, 6.07) is 16.0. The molecule has 2 aromatic carbocycles. The number of rotatable bonds is 7. The summed E-state index contributed by atoms with van der Waals surface area (Å²) in [4.78, 5) is 13.8. The number of carbonyl (C=O) groups excluding carboxylic acids is 1. The molecule has 32 heavy (non-hydrogen) atoms. The van der Waals surface area contributed by atoms with E-state index in [0.717, 1.165) is 35.5 Å². The molecule has 2 aliphatic rings. The molecule has 6 nitrogen and oxygen atoms in total. The van der Waals surface area contributed by atoms with E-state index in [4.69, 9.17) is 18.9 Å². The van der Waals surface area contributed by atoms with Gasteiger partial charge >= 0.3 is 0 Å². The lowest BCUT2D eigenvalue weighted by molar-refractivity contribution is -0.131. The van der Waals surface area contributed by atoms with Gasteiger partial charge in [-0.3, -0.25) is 4.79 Å². The molecule has 0 aliphatic carbocycles. The molecule has 172 valence electrons. The van der Waals surface area contributed by atoms with E-state index >= 15 is 0 Å². The third-order valence-electron chi connectivity index (χ3n) is 7.14. The third-order valence-corrected chi connectivity index (χ3v) is 7.14. The van der Waals surface area contributed by atoms with Crippen molar-refractivity contribution in [2.45, 2.75) is 36.5 Å². The monoisotopic (exact) mass is 439 g/mol. The van der Waals surface area contributed by atoms with Crippen LogP contribution in [0.2, 0.25) is 0 Å². The number of methoxy groups -OCH3 is 2. The van der Waals surface area contributed by atoms with Gasteiger partial charge in [-0.1, -0.05) is 30.3 Å². The normalized spacial score (nSPS) is 19.7. The number of nitrogens with one attached hydrogen (secondary N) is 1. The summed E-state index contributed by atoms with van der Waals surface area (Å²) < 4.78 is 22.3. The van der Waals surface area contributed by atoms with Crippen LogP contribution in [0.3, 0.4) is 0 Å². The molecule has 0 bridgehead atoms. The molecule has 0 spiro atoms. The van der Waals surface area contributed by atoms with Crippen molar-refractivity contribution in [2.24, 2.45) is 0 Å². The van der Waals surface area contributed by atoms with Gasteiger partial charge in [-0.25, -0.2) is 0 Å². The quantitative estimate of drug-likeness (QED) is 0.714. The maximum Gasteiger partial charge on any atom is 0.230 e. The van der Waals surface area contributed by atoms with E-state index in [2.05, 4.69) is 11.4 Å². The lowest BCUT2D eigenvalue weighted by Gasteiger charge is -2.41. The van der Waals surface area contributed by atoms with Crippen molar-refractivity contribution in [2.75, 3.05) is 47.2 Å². The number of amides is 1. The molecule has 0 atom stereocenters. The van der Waals surface area contributed by atoms with Crippen LogP contribution in [0.25, 0.3) is 0 Å². The minimum atomic E-state index is -0.600. The average Bonchev–Trinajstić information content (AvgIpc) is 2.88. The van der Waals surface area contributed by atoms with Gasteiger partial charge < -0.3 is 24.3 Å². The zero-order valence-electron chi connectivity index (χ0n) is 19.0. The Bertz CT molecular complexity index is 899. The lowest BCUT2D eigenvalue weighted by atomic mass is 9.71. The molecule has 4 rings (SSSR count). The summed E-state index contributed by atoms with van der Waals surface area (Å²) in [5.41, 5.74) is 1.33. The van der Waals surface area contributed by atoms with Crippen LogP contribution in [0.4, 0.5) is 0 Å². The van der Waals surface area contributed by atoms with Crippen LogP contribution in [0, 0.1) is 0 Å². The molecular weight excluding hydrogens is 406 g/mol. The maximum absolute atomic E-state index is 13.8. The Balaban J connectivity index is 1.60. The minimum absolute atomic E-state index is 0.0618. The van der Waals surface area contributed by atoms with E-state index < -0.39 is 5.41 Å². The largest absolute Gasteiger partial charge is 0.497 e. The van der Waals surface area contributed by atoms with Crippen molar-refractivity contribution in [1.29, 1.82) is 0 Å². The first-order valence-corrected chi connectivity index (χ1v) is 11.4. The zero-order chi connectivity index (χ0) is 22.4. The smallest absolute Gasteiger partial charge is 0.230 e. The van der Waals surface area contributed by atoms with Gasteiger partial charge in [-0.15, -0.1) is 0 Å². The molecule has 0 radical (unpaired) electrons. The van der Waals surface area contributed by atoms with E-state index in [9.17, 15) is 4.79 Å². The Hall–Kier alpha value is -2.57. The molecule has 0 unspecified atom stereocenters.